The first-order valence-corrected chi connectivity index (χ1v) is 8.20. The predicted molar refractivity (Wildman–Crippen MR) is 80.8 cm³/mol. The average molecular weight is 254 g/mol. The second kappa shape index (κ2) is 8.92. The van der Waals surface area contributed by atoms with E-state index in [-0.39, 0.29) is 0 Å². The Morgan fingerprint density at radius 3 is 2.33 bits per heavy atom. The van der Waals surface area contributed by atoms with E-state index in [2.05, 4.69) is 25.7 Å². The van der Waals surface area contributed by atoms with Crippen LogP contribution in [0.5, 0.6) is 0 Å². The summed E-state index contributed by atoms with van der Waals surface area (Å²) >= 11 is 0. The Morgan fingerprint density at radius 1 is 1.17 bits per heavy atom. The summed E-state index contributed by atoms with van der Waals surface area (Å²) in [5.41, 5.74) is 6.13. The SMILES string of the molecule is CCCCN(C(C)CC)C(CN)C1CCCCC1. The normalized spacial score (nSPS) is 21.2. The van der Waals surface area contributed by atoms with E-state index in [1.54, 1.807) is 0 Å². The molecule has 2 unspecified atom stereocenters. The van der Waals surface area contributed by atoms with E-state index in [1.165, 1.54) is 57.9 Å². The van der Waals surface area contributed by atoms with Gasteiger partial charge in [-0.05, 0) is 45.1 Å². The molecule has 1 saturated carbocycles. The van der Waals surface area contributed by atoms with Gasteiger partial charge in [0.25, 0.3) is 0 Å². The molecular formula is C16H34N2. The molecule has 0 bridgehead atoms. The van der Waals surface area contributed by atoms with Gasteiger partial charge in [0, 0.05) is 18.6 Å². The van der Waals surface area contributed by atoms with E-state index < -0.39 is 0 Å². The van der Waals surface area contributed by atoms with Gasteiger partial charge >= 0.3 is 0 Å². The van der Waals surface area contributed by atoms with Gasteiger partial charge in [-0.15, -0.1) is 0 Å². The summed E-state index contributed by atoms with van der Waals surface area (Å²) in [5.74, 6) is 0.856. The Labute approximate surface area is 114 Å². The Bertz CT molecular complexity index is 199. The van der Waals surface area contributed by atoms with Crippen molar-refractivity contribution in [3.8, 4) is 0 Å². The van der Waals surface area contributed by atoms with Gasteiger partial charge in [0.1, 0.15) is 0 Å². The lowest BCUT2D eigenvalue weighted by Crippen LogP contribution is -2.50. The molecule has 0 saturated heterocycles. The third kappa shape index (κ3) is 4.55. The van der Waals surface area contributed by atoms with E-state index >= 15 is 0 Å². The predicted octanol–water partition coefficient (Wildman–Crippen LogP) is 3.79. The molecule has 0 aromatic rings. The zero-order valence-corrected chi connectivity index (χ0v) is 12.8. The number of unbranched alkanes of at least 4 members (excludes halogenated alkanes) is 1. The monoisotopic (exact) mass is 254 g/mol. The Hall–Kier alpha value is -0.0800. The highest BCUT2D eigenvalue weighted by Gasteiger charge is 2.29. The van der Waals surface area contributed by atoms with Gasteiger partial charge in [-0.3, -0.25) is 4.90 Å². The molecule has 2 N–H and O–H groups in total. The molecule has 0 aromatic heterocycles. The van der Waals surface area contributed by atoms with Gasteiger partial charge in [0.15, 0.2) is 0 Å². The zero-order valence-electron chi connectivity index (χ0n) is 12.8. The lowest BCUT2D eigenvalue weighted by Gasteiger charge is -2.41. The molecular weight excluding hydrogens is 220 g/mol. The Kier molecular flexibility index (Phi) is 7.92. The molecule has 2 heteroatoms. The van der Waals surface area contributed by atoms with Crippen LogP contribution in [0.1, 0.15) is 72.1 Å². The van der Waals surface area contributed by atoms with Crippen LogP contribution in [-0.4, -0.2) is 30.1 Å². The number of rotatable bonds is 8. The summed E-state index contributed by atoms with van der Waals surface area (Å²) in [4.78, 5) is 2.72. The third-order valence-electron chi connectivity index (χ3n) is 4.79. The van der Waals surface area contributed by atoms with E-state index in [1.807, 2.05) is 0 Å². The largest absolute Gasteiger partial charge is 0.329 e. The fraction of sp³-hybridized carbons (Fsp3) is 1.00. The smallest absolute Gasteiger partial charge is 0.0249 e. The van der Waals surface area contributed by atoms with Crippen molar-refractivity contribution in [2.75, 3.05) is 13.1 Å². The highest BCUT2D eigenvalue weighted by molar-refractivity contribution is 4.85. The Morgan fingerprint density at radius 2 is 1.83 bits per heavy atom. The standard InChI is InChI=1S/C16H34N2/c1-4-6-12-18(14(3)5-2)16(13-17)15-10-8-7-9-11-15/h14-16H,4-13,17H2,1-3H3. The molecule has 1 aliphatic carbocycles. The fourth-order valence-corrected chi connectivity index (χ4v) is 3.41. The highest BCUT2D eigenvalue weighted by Crippen LogP contribution is 2.30. The summed E-state index contributed by atoms with van der Waals surface area (Å²) in [5, 5.41) is 0. The molecule has 0 radical (unpaired) electrons. The average Bonchev–Trinajstić information content (AvgIpc) is 2.43. The van der Waals surface area contributed by atoms with Gasteiger partial charge < -0.3 is 5.73 Å². The van der Waals surface area contributed by atoms with Gasteiger partial charge in [-0.25, -0.2) is 0 Å². The number of nitrogens with zero attached hydrogens (tertiary/aromatic N) is 1. The van der Waals surface area contributed by atoms with E-state index in [4.69, 9.17) is 5.73 Å². The van der Waals surface area contributed by atoms with Crippen molar-refractivity contribution in [3.05, 3.63) is 0 Å². The second-order valence-corrected chi connectivity index (χ2v) is 6.05. The molecule has 2 atom stereocenters. The maximum Gasteiger partial charge on any atom is 0.0249 e. The molecule has 0 heterocycles. The molecule has 2 nitrogen and oxygen atoms in total. The van der Waals surface area contributed by atoms with Crippen LogP contribution < -0.4 is 5.73 Å². The zero-order chi connectivity index (χ0) is 13.4. The number of hydrogen-bond donors (Lipinski definition) is 1. The minimum atomic E-state index is 0.631. The summed E-state index contributed by atoms with van der Waals surface area (Å²) in [7, 11) is 0. The van der Waals surface area contributed by atoms with Crippen LogP contribution in [0.2, 0.25) is 0 Å². The van der Waals surface area contributed by atoms with Crippen molar-refractivity contribution in [2.24, 2.45) is 11.7 Å². The van der Waals surface area contributed by atoms with Crippen molar-refractivity contribution in [2.45, 2.75) is 84.2 Å². The molecule has 1 rings (SSSR count). The molecule has 108 valence electrons. The summed E-state index contributed by atoms with van der Waals surface area (Å²) in [6.07, 6.45) is 10.9. The third-order valence-corrected chi connectivity index (χ3v) is 4.79. The Balaban J connectivity index is 2.64. The van der Waals surface area contributed by atoms with Crippen molar-refractivity contribution < 1.29 is 0 Å². The van der Waals surface area contributed by atoms with Gasteiger partial charge in [0.2, 0.25) is 0 Å². The molecule has 0 aromatic carbocycles. The van der Waals surface area contributed by atoms with Gasteiger partial charge in [-0.1, -0.05) is 39.5 Å². The molecule has 1 fully saturated rings. The quantitative estimate of drug-likeness (QED) is 0.714. The second-order valence-electron chi connectivity index (χ2n) is 6.05. The molecule has 0 aliphatic heterocycles. The highest BCUT2D eigenvalue weighted by atomic mass is 15.2. The molecule has 0 amide bonds. The minimum Gasteiger partial charge on any atom is -0.329 e. The number of hydrogen-bond acceptors (Lipinski definition) is 2. The van der Waals surface area contributed by atoms with E-state index in [0.717, 1.165) is 12.5 Å². The van der Waals surface area contributed by atoms with Crippen LogP contribution in [0, 0.1) is 5.92 Å². The molecule has 18 heavy (non-hydrogen) atoms. The summed E-state index contributed by atoms with van der Waals surface area (Å²) < 4.78 is 0. The van der Waals surface area contributed by atoms with Crippen LogP contribution in [0.3, 0.4) is 0 Å². The summed E-state index contributed by atoms with van der Waals surface area (Å²) in [6.45, 7) is 9.05. The van der Waals surface area contributed by atoms with E-state index in [9.17, 15) is 0 Å². The van der Waals surface area contributed by atoms with E-state index in [0.29, 0.717) is 12.1 Å². The first-order chi connectivity index (χ1) is 8.74. The van der Waals surface area contributed by atoms with Crippen molar-refractivity contribution in [1.29, 1.82) is 0 Å². The van der Waals surface area contributed by atoms with Crippen LogP contribution in [-0.2, 0) is 0 Å². The summed E-state index contributed by atoms with van der Waals surface area (Å²) in [6, 6.07) is 1.32. The number of nitrogens with two attached hydrogens (primary N) is 1. The lowest BCUT2D eigenvalue weighted by molar-refractivity contribution is 0.0821. The maximum absolute atomic E-state index is 6.13. The molecule has 0 spiro atoms. The molecule has 1 aliphatic rings. The van der Waals surface area contributed by atoms with Crippen molar-refractivity contribution >= 4 is 0 Å². The lowest BCUT2D eigenvalue weighted by atomic mass is 9.82. The first-order valence-electron chi connectivity index (χ1n) is 8.20. The van der Waals surface area contributed by atoms with Crippen molar-refractivity contribution in [3.63, 3.8) is 0 Å². The van der Waals surface area contributed by atoms with Crippen LogP contribution >= 0.6 is 0 Å². The maximum atomic E-state index is 6.13. The van der Waals surface area contributed by atoms with Gasteiger partial charge in [0.05, 0.1) is 0 Å². The topological polar surface area (TPSA) is 29.3 Å². The van der Waals surface area contributed by atoms with Crippen LogP contribution in [0.25, 0.3) is 0 Å². The van der Waals surface area contributed by atoms with Crippen molar-refractivity contribution in [1.82, 2.24) is 4.90 Å². The minimum absolute atomic E-state index is 0.631. The van der Waals surface area contributed by atoms with Gasteiger partial charge in [-0.2, -0.15) is 0 Å². The van der Waals surface area contributed by atoms with Crippen LogP contribution in [0.15, 0.2) is 0 Å². The fourth-order valence-electron chi connectivity index (χ4n) is 3.41. The van der Waals surface area contributed by atoms with Crippen LogP contribution in [0.4, 0.5) is 0 Å². The first kappa shape index (κ1) is 16.0.